The van der Waals surface area contributed by atoms with E-state index in [1.165, 1.54) is 0 Å². The van der Waals surface area contributed by atoms with Crippen LogP contribution in [0.2, 0.25) is 0 Å². The van der Waals surface area contributed by atoms with Crippen LogP contribution in [0.5, 0.6) is 5.75 Å². The number of methoxy groups -OCH3 is 1. The fraction of sp³-hybridized carbons (Fsp3) is 0.273. The number of benzene rings is 2. The van der Waals surface area contributed by atoms with E-state index in [4.69, 9.17) is 9.72 Å². The van der Waals surface area contributed by atoms with Crippen molar-refractivity contribution < 1.29 is 4.74 Å². The van der Waals surface area contributed by atoms with Crippen molar-refractivity contribution in [3.05, 3.63) is 66.2 Å². The zero-order chi connectivity index (χ0) is 19.8. The minimum atomic E-state index is 0.673. The van der Waals surface area contributed by atoms with Crippen LogP contribution in [0.1, 0.15) is 5.56 Å². The third kappa shape index (κ3) is 5.69. The van der Waals surface area contributed by atoms with Crippen LogP contribution in [0.4, 0.5) is 11.6 Å². The average molecular weight is 377 g/mol. The Morgan fingerprint density at radius 3 is 2.21 bits per heavy atom. The number of hydrogen-bond donors (Lipinski definition) is 2. The third-order valence-corrected chi connectivity index (χ3v) is 4.26. The Kier molecular flexibility index (Phi) is 6.81. The summed E-state index contributed by atoms with van der Waals surface area (Å²) in [5.41, 5.74) is 2.15. The molecule has 0 saturated carbocycles. The maximum atomic E-state index is 5.21. The summed E-state index contributed by atoms with van der Waals surface area (Å²) >= 11 is 0. The highest BCUT2D eigenvalue weighted by molar-refractivity contribution is 5.61. The van der Waals surface area contributed by atoms with Crippen molar-refractivity contribution in [1.82, 2.24) is 14.9 Å². The molecule has 0 saturated heterocycles. The van der Waals surface area contributed by atoms with Gasteiger partial charge in [0.15, 0.2) is 5.82 Å². The van der Waals surface area contributed by atoms with Gasteiger partial charge in [0.05, 0.1) is 7.11 Å². The standard InChI is InChI=1S/C22H27N5O/c1-27(2)14-13-23-20-15-21(24-16-17-9-11-19(28-3)12-10-17)26-22(25-20)18-7-5-4-6-8-18/h4-12,15H,13-14,16H2,1-3H3,(H2,23,24,25,26). The average Bonchev–Trinajstić information content (AvgIpc) is 2.73. The summed E-state index contributed by atoms with van der Waals surface area (Å²) < 4.78 is 5.21. The lowest BCUT2D eigenvalue weighted by Crippen LogP contribution is -2.21. The topological polar surface area (TPSA) is 62.3 Å². The van der Waals surface area contributed by atoms with E-state index in [9.17, 15) is 0 Å². The van der Waals surface area contributed by atoms with Gasteiger partial charge in [-0.15, -0.1) is 0 Å². The van der Waals surface area contributed by atoms with E-state index in [0.717, 1.165) is 41.6 Å². The monoisotopic (exact) mass is 377 g/mol. The summed E-state index contributed by atoms with van der Waals surface area (Å²) in [7, 11) is 5.78. The van der Waals surface area contributed by atoms with Gasteiger partial charge in [-0.2, -0.15) is 0 Å². The van der Waals surface area contributed by atoms with E-state index < -0.39 is 0 Å². The van der Waals surface area contributed by atoms with Crippen LogP contribution in [-0.4, -0.2) is 49.2 Å². The summed E-state index contributed by atoms with van der Waals surface area (Å²) in [6.07, 6.45) is 0. The van der Waals surface area contributed by atoms with Crippen molar-refractivity contribution in [1.29, 1.82) is 0 Å². The van der Waals surface area contributed by atoms with Crippen LogP contribution < -0.4 is 15.4 Å². The first kappa shape index (κ1) is 19.6. The molecular formula is C22H27N5O. The van der Waals surface area contributed by atoms with Gasteiger partial charge in [0, 0.05) is 31.3 Å². The number of rotatable bonds is 9. The van der Waals surface area contributed by atoms with Crippen molar-refractivity contribution in [2.75, 3.05) is 44.9 Å². The quantitative estimate of drug-likeness (QED) is 0.592. The second-order valence-electron chi connectivity index (χ2n) is 6.76. The molecule has 6 heteroatoms. The highest BCUT2D eigenvalue weighted by Gasteiger charge is 2.07. The molecule has 2 aromatic carbocycles. The molecule has 0 atom stereocenters. The molecule has 0 fully saturated rings. The van der Waals surface area contributed by atoms with Crippen LogP contribution in [-0.2, 0) is 6.54 Å². The fourth-order valence-electron chi connectivity index (χ4n) is 2.69. The van der Waals surface area contributed by atoms with E-state index in [1.807, 2.05) is 60.7 Å². The molecule has 1 aromatic heterocycles. The van der Waals surface area contributed by atoms with Gasteiger partial charge < -0.3 is 20.3 Å². The predicted octanol–water partition coefficient (Wildman–Crippen LogP) is 3.74. The van der Waals surface area contributed by atoms with Gasteiger partial charge in [0.1, 0.15) is 17.4 Å². The molecule has 28 heavy (non-hydrogen) atoms. The second kappa shape index (κ2) is 9.71. The van der Waals surface area contributed by atoms with Gasteiger partial charge >= 0.3 is 0 Å². The molecule has 146 valence electrons. The summed E-state index contributed by atoms with van der Waals surface area (Å²) in [4.78, 5) is 11.5. The molecular weight excluding hydrogens is 350 g/mol. The number of aromatic nitrogens is 2. The van der Waals surface area contributed by atoms with Crippen molar-refractivity contribution in [2.24, 2.45) is 0 Å². The Bertz CT molecular complexity index is 866. The molecule has 0 unspecified atom stereocenters. The van der Waals surface area contributed by atoms with E-state index in [2.05, 4.69) is 34.6 Å². The molecule has 0 aliphatic heterocycles. The number of anilines is 2. The van der Waals surface area contributed by atoms with Crippen LogP contribution >= 0.6 is 0 Å². The maximum Gasteiger partial charge on any atom is 0.163 e. The van der Waals surface area contributed by atoms with Crippen molar-refractivity contribution in [3.63, 3.8) is 0 Å². The van der Waals surface area contributed by atoms with Crippen molar-refractivity contribution in [3.8, 4) is 17.1 Å². The molecule has 0 amide bonds. The largest absolute Gasteiger partial charge is 0.497 e. The van der Waals surface area contributed by atoms with Crippen molar-refractivity contribution in [2.45, 2.75) is 6.54 Å². The van der Waals surface area contributed by atoms with Gasteiger partial charge in [0.25, 0.3) is 0 Å². The van der Waals surface area contributed by atoms with Gasteiger partial charge in [0.2, 0.25) is 0 Å². The molecule has 0 radical (unpaired) electrons. The third-order valence-electron chi connectivity index (χ3n) is 4.26. The Hall–Kier alpha value is -3.12. The first-order valence-electron chi connectivity index (χ1n) is 9.34. The summed E-state index contributed by atoms with van der Waals surface area (Å²) in [5.74, 6) is 3.15. The normalized spacial score (nSPS) is 10.7. The molecule has 0 spiro atoms. The summed E-state index contributed by atoms with van der Waals surface area (Å²) in [5, 5.41) is 6.80. The van der Waals surface area contributed by atoms with Gasteiger partial charge in [-0.05, 0) is 31.8 Å². The first-order chi connectivity index (χ1) is 13.6. The highest BCUT2D eigenvalue weighted by atomic mass is 16.5. The van der Waals surface area contributed by atoms with E-state index in [-0.39, 0.29) is 0 Å². The summed E-state index contributed by atoms with van der Waals surface area (Å²) in [6, 6.07) is 20.0. The zero-order valence-corrected chi connectivity index (χ0v) is 16.6. The molecule has 0 aliphatic carbocycles. The lowest BCUT2D eigenvalue weighted by Gasteiger charge is -2.14. The number of hydrogen-bond acceptors (Lipinski definition) is 6. The number of nitrogens with zero attached hydrogens (tertiary/aromatic N) is 3. The fourth-order valence-corrected chi connectivity index (χ4v) is 2.69. The first-order valence-corrected chi connectivity index (χ1v) is 9.34. The van der Waals surface area contributed by atoms with Crippen LogP contribution in [0, 0.1) is 0 Å². The Morgan fingerprint density at radius 2 is 1.57 bits per heavy atom. The predicted molar refractivity (Wildman–Crippen MR) is 115 cm³/mol. The van der Waals surface area contributed by atoms with E-state index >= 15 is 0 Å². The number of ether oxygens (including phenoxy) is 1. The lowest BCUT2D eigenvalue weighted by molar-refractivity contribution is 0.414. The minimum Gasteiger partial charge on any atom is -0.497 e. The minimum absolute atomic E-state index is 0.673. The Morgan fingerprint density at radius 1 is 0.893 bits per heavy atom. The highest BCUT2D eigenvalue weighted by Crippen LogP contribution is 2.21. The van der Waals surface area contributed by atoms with Crippen molar-refractivity contribution >= 4 is 11.6 Å². The Balaban J connectivity index is 1.77. The molecule has 1 heterocycles. The van der Waals surface area contributed by atoms with E-state index in [0.29, 0.717) is 12.4 Å². The molecule has 3 rings (SSSR count). The second-order valence-corrected chi connectivity index (χ2v) is 6.76. The van der Waals surface area contributed by atoms with Gasteiger partial charge in [-0.1, -0.05) is 42.5 Å². The molecule has 0 bridgehead atoms. The molecule has 6 nitrogen and oxygen atoms in total. The summed E-state index contributed by atoms with van der Waals surface area (Å²) in [6.45, 7) is 2.42. The molecule has 2 N–H and O–H groups in total. The number of likely N-dealkylation sites (N-methyl/N-ethyl adjacent to an activating group) is 1. The molecule has 3 aromatic rings. The smallest absolute Gasteiger partial charge is 0.163 e. The molecule has 0 aliphatic rings. The van der Waals surface area contributed by atoms with Crippen LogP contribution in [0.3, 0.4) is 0 Å². The van der Waals surface area contributed by atoms with E-state index in [1.54, 1.807) is 7.11 Å². The van der Waals surface area contributed by atoms with Crippen LogP contribution in [0.25, 0.3) is 11.4 Å². The Labute approximate surface area is 166 Å². The lowest BCUT2D eigenvalue weighted by atomic mass is 10.2. The maximum absolute atomic E-state index is 5.21. The zero-order valence-electron chi connectivity index (χ0n) is 16.6. The van der Waals surface area contributed by atoms with Crippen LogP contribution in [0.15, 0.2) is 60.7 Å². The number of nitrogens with one attached hydrogen (secondary N) is 2. The van der Waals surface area contributed by atoms with Gasteiger partial charge in [-0.3, -0.25) is 0 Å². The SMILES string of the molecule is COc1ccc(CNc2cc(NCCN(C)C)nc(-c3ccccc3)n2)cc1. The van der Waals surface area contributed by atoms with Gasteiger partial charge in [-0.25, -0.2) is 9.97 Å².